The Hall–Kier alpha value is -2.87. The number of benzene rings is 2. The molecule has 1 saturated carbocycles. The predicted octanol–water partition coefficient (Wildman–Crippen LogP) is 4.30. The van der Waals surface area contributed by atoms with Crippen molar-refractivity contribution in [3.8, 4) is 11.5 Å². The summed E-state index contributed by atoms with van der Waals surface area (Å²) in [5.74, 6) is -0.0625. The second-order valence-electron chi connectivity index (χ2n) is 8.67. The molecule has 1 aliphatic carbocycles. The van der Waals surface area contributed by atoms with Gasteiger partial charge in [-0.25, -0.2) is 13.6 Å². The van der Waals surface area contributed by atoms with Crippen LogP contribution in [0.4, 0.5) is 19.3 Å². The average Bonchev–Trinajstić information content (AvgIpc) is 3.12. The van der Waals surface area contributed by atoms with E-state index in [1.54, 1.807) is 14.2 Å². The van der Waals surface area contributed by atoms with Gasteiger partial charge in [-0.15, -0.1) is 0 Å². The molecule has 6 nitrogen and oxygen atoms in total. The molecule has 0 radical (unpaired) electrons. The lowest BCUT2D eigenvalue weighted by molar-refractivity contribution is 0.156. The number of hydrogen-bond acceptors (Lipinski definition) is 4. The molecule has 1 aliphatic heterocycles. The van der Waals surface area contributed by atoms with E-state index in [-0.39, 0.29) is 23.2 Å². The minimum Gasteiger partial charge on any atom is -0.493 e. The molecular weight excluding hydrogens is 416 g/mol. The van der Waals surface area contributed by atoms with E-state index in [0.29, 0.717) is 11.5 Å². The summed E-state index contributed by atoms with van der Waals surface area (Å²) in [5.41, 5.74) is 1.16. The van der Waals surface area contributed by atoms with Gasteiger partial charge in [-0.2, -0.15) is 0 Å². The minimum absolute atomic E-state index is 0.0218. The van der Waals surface area contributed by atoms with E-state index in [1.807, 2.05) is 6.07 Å². The number of urea groups is 1. The zero-order chi connectivity index (χ0) is 22.9. The summed E-state index contributed by atoms with van der Waals surface area (Å²) in [6.07, 6.45) is 3.53. The zero-order valence-electron chi connectivity index (χ0n) is 18.6. The fraction of sp³-hybridized carbons (Fsp3) is 0.458. The summed E-state index contributed by atoms with van der Waals surface area (Å²) in [7, 11) is 5.38. The van der Waals surface area contributed by atoms with Crippen LogP contribution in [0.25, 0.3) is 0 Å². The Bertz CT molecular complexity index is 1000. The largest absolute Gasteiger partial charge is 0.493 e. The van der Waals surface area contributed by atoms with Gasteiger partial charge in [-0.1, -0.05) is 6.07 Å². The molecule has 0 aromatic heterocycles. The molecule has 8 heteroatoms. The summed E-state index contributed by atoms with van der Waals surface area (Å²) < 4.78 is 37.9. The Labute approximate surface area is 186 Å². The van der Waals surface area contributed by atoms with Crippen molar-refractivity contribution >= 4 is 11.7 Å². The first-order chi connectivity index (χ1) is 15.4. The first-order valence-corrected chi connectivity index (χ1v) is 10.8. The molecule has 0 unspecified atom stereocenters. The standard InChI is InChI=1S/C24H29F2N3O3/c1-29-11-10-24(15-4-7-20(31-2)21(12-15)32-3)9-8-17(14-22(24)29)27-23(30)28-19-6-5-16(25)13-18(19)26/h4-7,12-13,17,22H,8-11,14H2,1-3H3,(H2,27,28,30)/t17-,22+,24+/m1/s1. The van der Waals surface area contributed by atoms with Gasteiger partial charge in [-0.05, 0) is 69.1 Å². The number of fused-ring (bicyclic) bond motifs is 1. The number of anilines is 1. The molecule has 1 saturated heterocycles. The van der Waals surface area contributed by atoms with Crippen LogP contribution >= 0.6 is 0 Å². The minimum atomic E-state index is -0.799. The van der Waals surface area contributed by atoms with Gasteiger partial charge in [0.05, 0.1) is 19.9 Å². The van der Waals surface area contributed by atoms with Crippen molar-refractivity contribution in [2.24, 2.45) is 0 Å². The van der Waals surface area contributed by atoms with Crippen LogP contribution in [0.3, 0.4) is 0 Å². The molecule has 2 aliphatic rings. The summed E-state index contributed by atoms with van der Waals surface area (Å²) in [4.78, 5) is 14.8. The molecule has 172 valence electrons. The number of halogens is 2. The molecule has 2 fully saturated rings. The van der Waals surface area contributed by atoms with Gasteiger partial charge in [0, 0.05) is 23.6 Å². The number of carbonyl (C=O) groups is 1. The van der Waals surface area contributed by atoms with Gasteiger partial charge in [-0.3, -0.25) is 0 Å². The summed E-state index contributed by atoms with van der Waals surface area (Å²) in [6, 6.07) is 8.95. The lowest BCUT2D eigenvalue weighted by Crippen LogP contribution is -2.52. The fourth-order valence-corrected chi connectivity index (χ4v) is 5.33. The van der Waals surface area contributed by atoms with E-state index in [4.69, 9.17) is 9.47 Å². The second-order valence-corrected chi connectivity index (χ2v) is 8.67. The van der Waals surface area contributed by atoms with Crippen molar-refractivity contribution in [3.05, 3.63) is 53.6 Å². The van der Waals surface area contributed by atoms with E-state index >= 15 is 0 Å². The van der Waals surface area contributed by atoms with Gasteiger partial charge in [0.2, 0.25) is 0 Å². The van der Waals surface area contributed by atoms with Crippen LogP contribution in [0.15, 0.2) is 36.4 Å². The Morgan fingerprint density at radius 1 is 1.09 bits per heavy atom. The van der Waals surface area contributed by atoms with Crippen molar-refractivity contribution in [1.29, 1.82) is 0 Å². The summed E-state index contributed by atoms with van der Waals surface area (Å²) in [5, 5.41) is 5.46. The highest BCUT2D eigenvalue weighted by Crippen LogP contribution is 2.49. The number of amides is 2. The van der Waals surface area contributed by atoms with E-state index < -0.39 is 17.7 Å². The third-order valence-corrected chi connectivity index (χ3v) is 7.00. The topological polar surface area (TPSA) is 62.8 Å². The third-order valence-electron chi connectivity index (χ3n) is 7.00. The molecule has 0 bridgehead atoms. The summed E-state index contributed by atoms with van der Waals surface area (Å²) >= 11 is 0. The van der Waals surface area contributed by atoms with E-state index in [9.17, 15) is 13.6 Å². The lowest BCUT2D eigenvalue weighted by Gasteiger charge is -2.45. The van der Waals surface area contributed by atoms with Crippen LogP contribution in [0, 0.1) is 11.6 Å². The van der Waals surface area contributed by atoms with E-state index in [1.165, 1.54) is 11.6 Å². The van der Waals surface area contributed by atoms with E-state index in [2.05, 4.69) is 34.7 Å². The highest BCUT2D eigenvalue weighted by Gasteiger charge is 2.50. The number of likely N-dealkylation sites (N-methyl/N-ethyl adjacent to an activating group) is 1. The number of likely N-dealkylation sites (tertiary alicyclic amines) is 1. The molecular formula is C24H29F2N3O3. The second kappa shape index (κ2) is 8.94. The molecule has 0 spiro atoms. The lowest BCUT2D eigenvalue weighted by atomic mass is 9.65. The van der Waals surface area contributed by atoms with Crippen LogP contribution in [0.1, 0.15) is 31.2 Å². The van der Waals surface area contributed by atoms with Crippen molar-refractivity contribution in [3.63, 3.8) is 0 Å². The third kappa shape index (κ3) is 4.11. The normalized spacial score (nSPS) is 25.2. The molecule has 2 aromatic rings. The Morgan fingerprint density at radius 3 is 2.59 bits per heavy atom. The smallest absolute Gasteiger partial charge is 0.319 e. The van der Waals surface area contributed by atoms with Crippen molar-refractivity contribution in [1.82, 2.24) is 10.2 Å². The number of hydrogen-bond donors (Lipinski definition) is 2. The molecule has 32 heavy (non-hydrogen) atoms. The summed E-state index contributed by atoms with van der Waals surface area (Å²) in [6.45, 7) is 0.971. The predicted molar refractivity (Wildman–Crippen MR) is 118 cm³/mol. The van der Waals surface area contributed by atoms with Gasteiger partial charge < -0.3 is 25.0 Å². The van der Waals surface area contributed by atoms with Gasteiger partial charge >= 0.3 is 6.03 Å². The van der Waals surface area contributed by atoms with Crippen molar-refractivity contribution in [2.45, 2.75) is 43.2 Å². The molecule has 3 atom stereocenters. The van der Waals surface area contributed by atoms with Crippen LogP contribution < -0.4 is 20.1 Å². The number of nitrogens with one attached hydrogen (secondary N) is 2. The maximum Gasteiger partial charge on any atom is 0.319 e. The number of nitrogens with zero attached hydrogens (tertiary/aromatic N) is 1. The maximum atomic E-state index is 13.9. The van der Waals surface area contributed by atoms with Crippen LogP contribution in [-0.4, -0.2) is 50.8 Å². The number of methoxy groups -OCH3 is 2. The zero-order valence-corrected chi connectivity index (χ0v) is 18.6. The molecule has 2 aromatic carbocycles. The first-order valence-electron chi connectivity index (χ1n) is 10.8. The van der Waals surface area contributed by atoms with Gasteiger partial charge in [0.25, 0.3) is 0 Å². The molecule has 4 rings (SSSR count). The van der Waals surface area contributed by atoms with Crippen LogP contribution in [0.2, 0.25) is 0 Å². The molecule has 2 N–H and O–H groups in total. The average molecular weight is 446 g/mol. The van der Waals surface area contributed by atoms with Crippen molar-refractivity contribution in [2.75, 3.05) is 33.1 Å². The van der Waals surface area contributed by atoms with Crippen LogP contribution in [0.5, 0.6) is 11.5 Å². The van der Waals surface area contributed by atoms with Crippen LogP contribution in [-0.2, 0) is 5.41 Å². The first kappa shape index (κ1) is 22.3. The van der Waals surface area contributed by atoms with Gasteiger partial charge in [0.1, 0.15) is 11.6 Å². The quantitative estimate of drug-likeness (QED) is 0.721. The monoisotopic (exact) mass is 445 g/mol. The van der Waals surface area contributed by atoms with Gasteiger partial charge in [0.15, 0.2) is 11.5 Å². The Morgan fingerprint density at radius 2 is 1.88 bits per heavy atom. The van der Waals surface area contributed by atoms with E-state index in [0.717, 1.165) is 44.4 Å². The molecule has 2 amide bonds. The SMILES string of the molecule is COc1ccc([C@@]23CC[C@@H](NC(=O)Nc4ccc(F)cc4F)C[C@@H]2N(C)CC3)cc1OC. The Kier molecular flexibility index (Phi) is 6.24. The maximum absolute atomic E-state index is 13.9. The highest BCUT2D eigenvalue weighted by atomic mass is 19.1. The number of rotatable bonds is 5. The number of ether oxygens (including phenoxy) is 2. The Balaban J connectivity index is 1.48. The van der Waals surface area contributed by atoms with Crippen molar-refractivity contribution < 1.29 is 23.0 Å². The highest BCUT2D eigenvalue weighted by molar-refractivity contribution is 5.89. The molecule has 1 heterocycles. The number of carbonyl (C=O) groups excluding carboxylic acids is 1. The fourth-order valence-electron chi connectivity index (χ4n) is 5.33.